The summed E-state index contributed by atoms with van der Waals surface area (Å²) in [6.45, 7) is 3.93. The lowest BCUT2D eigenvalue weighted by Gasteiger charge is -2.48. The monoisotopic (exact) mass is 577 g/mol. The number of halogens is 5. The third kappa shape index (κ3) is 5.72. The van der Waals surface area contributed by atoms with E-state index in [1.54, 1.807) is 43.0 Å². The average molecular weight is 578 g/mol. The summed E-state index contributed by atoms with van der Waals surface area (Å²) in [6, 6.07) is 9.18. The lowest BCUT2D eigenvalue weighted by atomic mass is 9.60. The van der Waals surface area contributed by atoms with Crippen LogP contribution in [0, 0.1) is 0 Å². The van der Waals surface area contributed by atoms with E-state index < -0.39 is 47.4 Å². The second-order valence-electron chi connectivity index (χ2n) is 11.7. The molecule has 0 radical (unpaired) electrons. The number of nitrogens with zero attached hydrogens (tertiary/aromatic N) is 4. The Hall–Kier alpha value is -3.38. The standard InChI is InChI=1S/C29H32F5N5O2/c1-26(2,41-4)16-35-12-18-8-21-22(23(9-18)29(32,33)34)13-39(25(21)40)20-7-5-6-19(10-20)27(14-28(30,31)15-27)11-24-37-36-17-38(24)3/h5-10,17,35H,11-16H2,1-4H3. The van der Waals surface area contributed by atoms with Gasteiger partial charge in [0.05, 0.1) is 17.7 Å². The van der Waals surface area contributed by atoms with Crippen molar-refractivity contribution in [2.45, 2.75) is 69.3 Å². The predicted octanol–water partition coefficient (Wildman–Crippen LogP) is 5.42. The summed E-state index contributed by atoms with van der Waals surface area (Å²) in [6.07, 6.45) is -3.76. The number of amides is 1. The first kappa shape index (κ1) is 29.1. The number of rotatable bonds is 9. The van der Waals surface area contributed by atoms with Crippen molar-refractivity contribution in [2.75, 3.05) is 18.6 Å². The summed E-state index contributed by atoms with van der Waals surface area (Å²) in [5, 5.41) is 11.0. The number of benzene rings is 2. The van der Waals surface area contributed by atoms with Gasteiger partial charge in [-0.1, -0.05) is 12.1 Å². The third-order valence-electron chi connectivity index (χ3n) is 8.11. The molecule has 1 N–H and O–H groups in total. The molecule has 1 aliphatic carbocycles. The van der Waals surface area contributed by atoms with Crippen molar-refractivity contribution in [1.82, 2.24) is 20.1 Å². The van der Waals surface area contributed by atoms with Crippen LogP contribution >= 0.6 is 0 Å². The van der Waals surface area contributed by atoms with Gasteiger partial charge in [-0.05, 0) is 54.8 Å². The number of aryl methyl sites for hydroxylation is 1. The second kappa shape index (κ2) is 10.2. The fourth-order valence-corrected chi connectivity index (χ4v) is 5.75. The smallest absolute Gasteiger partial charge is 0.377 e. The molecule has 220 valence electrons. The quantitative estimate of drug-likeness (QED) is 0.344. The van der Waals surface area contributed by atoms with Crippen molar-refractivity contribution in [2.24, 2.45) is 7.05 Å². The third-order valence-corrected chi connectivity index (χ3v) is 8.11. The molecule has 12 heteroatoms. The van der Waals surface area contributed by atoms with E-state index >= 15 is 0 Å². The van der Waals surface area contributed by atoms with E-state index in [0.29, 0.717) is 29.2 Å². The lowest BCUT2D eigenvalue weighted by molar-refractivity contribution is -0.138. The number of anilines is 1. The summed E-state index contributed by atoms with van der Waals surface area (Å²) in [5.41, 5.74) is -1.18. The Morgan fingerprint density at radius 1 is 1.12 bits per heavy atom. The van der Waals surface area contributed by atoms with Crippen LogP contribution in [0.4, 0.5) is 27.6 Å². The average Bonchev–Trinajstić information content (AvgIpc) is 3.44. The van der Waals surface area contributed by atoms with E-state index in [2.05, 4.69) is 15.5 Å². The molecule has 2 heterocycles. The van der Waals surface area contributed by atoms with Crippen LogP contribution in [0.5, 0.6) is 0 Å². The highest BCUT2D eigenvalue weighted by Gasteiger charge is 2.57. The Balaban J connectivity index is 1.45. The molecule has 0 atom stereocenters. The van der Waals surface area contributed by atoms with Crippen molar-refractivity contribution in [3.63, 3.8) is 0 Å². The van der Waals surface area contributed by atoms with Gasteiger partial charge in [-0.25, -0.2) is 8.78 Å². The molecule has 0 bridgehead atoms. The van der Waals surface area contributed by atoms with Crippen LogP contribution in [-0.2, 0) is 42.9 Å². The minimum Gasteiger partial charge on any atom is -0.377 e. The summed E-state index contributed by atoms with van der Waals surface area (Å²) in [4.78, 5) is 14.8. The Labute approximate surface area is 234 Å². The SMILES string of the molecule is COC(C)(C)CNCc1cc2c(c(C(F)(F)F)c1)CN(c1cccc(C3(Cc4nncn4C)CC(F)(F)C3)c1)C2=O. The minimum absolute atomic E-state index is 0.0167. The van der Waals surface area contributed by atoms with Crippen LogP contribution in [0.2, 0.25) is 0 Å². The number of carbonyl (C=O) groups is 1. The molecule has 7 nitrogen and oxygen atoms in total. The number of hydrogen-bond donors (Lipinski definition) is 1. The molecular formula is C29H32F5N5O2. The van der Waals surface area contributed by atoms with Crippen LogP contribution in [0.3, 0.4) is 0 Å². The maximum atomic E-state index is 14.2. The number of aromatic nitrogens is 3. The Morgan fingerprint density at radius 3 is 2.46 bits per heavy atom. The number of fused-ring (bicyclic) bond motifs is 1. The molecule has 1 saturated carbocycles. The van der Waals surface area contributed by atoms with Gasteiger partial charge in [0, 0.05) is 63.2 Å². The van der Waals surface area contributed by atoms with Crippen molar-refractivity contribution in [3.8, 4) is 0 Å². The topological polar surface area (TPSA) is 72.3 Å². The summed E-state index contributed by atoms with van der Waals surface area (Å²) < 4.78 is 77.9. The fraction of sp³-hybridized carbons (Fsp3) is 0.483. The summed E-state index contributed by atoms with van der Waals surface area (Å²) >= 11 is 0. The number of alkyl halides is 5. The summed E-state index contributed by atoms with van der Waals surface area (Å²) in [7, 11) is 3.28. The first-order valence-electron chi connectivity index (χ1n) is 13.3. The van der Waals surface area contributed by atoms with Gasteiger partial charge in [0.2, 0.25) is 5.92 Å². The molecule has 1 aliphatic heterocycles. The number of nitrogens with one attached hydrogen (secondary N) is 1. The number of carbonyl (C=O) groups excluding carboxylic acids is 1. The second-order valence-corrected chi connectivity index (χ2v) is 11.7. The molecule has 1 fully saturated rings. The van der Waals surface area contributed by atoms with E-state index in [1.807, 2.05) is 13.8 Å². The number of methoxy groups -OCH3 is 1. The molecule has 0 saturated heterocycles. The van der Waals surface area contributed by atoms with Crippen molar-refractivity contribution >= 4 is 11.6 Å². The zero-order chi connectivity index (χ0) is 29.8. The van der Waals surface area contributed by atoms with Crippen molar-refractivity contribution in [3.05, 3.63) is 76.4 Å². The lowest BCUT2D eigenvalue weighted by Crippen LogP contribution is -2.51. The van der Waals surface area contributed by atoms with Gasteiger partial charge in [0.1, 0.15) is 12.2 Å². The summed E-state index contributed by atoms with van der Waals surface area (Å²) in [5.74, 6) is -2.87. The molecule has 41 heavy (non-hydrogen) atoms. The fourth-order valence-electron chi connectivity index (χ4n) is 5.75. The highest BCUT2D eigenvalue weighted by Crippen LogP contribution is 2.55. The van der Waals surface area contributed by atoms with E-state index in [1.165, 1.54) is 17.3 Å². The Kier molecular flexibility index (Phi) is 7.22. The number of hydrogen-bond acceptors (Lipinski definition) is 5. The van der Waals surface area contributed by atoms with E-state index in [9.17, 15) is 26.7 Å². The first-order chi connectivity index (χ1) is 19.1. The van der Waals surface area contributed by atoms with Crippen molar-refractivity contribution < 1.29 is 31.5 Å². The minimum atomic E-state index is -4.66. The highest BCUT2D eigenvalue weighted by molar-refractivity contribution is 6.10. The molecule has 1 amide bonds. The predicted molar refractivity (Wildman–Crippen MR) is 142 cm³/mol. The molecule has 2 aromatic carbocycles. The van der Waals surface area contributed by atoms with Gasteiger partial charge >= 0.3 is 6.18 Å². The maximum absolute atomic E-state index is 14.2. The first-order valence-corrected chi connectivity index (χ1v) is 13.3. The molecule has 0 unspecified atom stereocenters. The van der Waals surface area contributed by atoms with Gasteiger partial charge in [0.15, 0.2) is 0 Å². The van der Waals surface area contributed by atoms with Crippen LogP contribution in [0.1, 0.15) is 65.1 Å². The Bertz CT molecular complexity index is 1460. The van der Waals surface area contributed by atoms with E-state index in [0.717, 1.165) is 6.07 Å². The van der Waals surface area contributed by atoms with Crippen LogP contribution in [0.25, 0.3) is 0 Å². The zero-order valence-electron chi connectivity index (χ0n) is 23.3. The van der Waals surface area contributed by atoms with Gasteiger partial charge in [-0.3, -0.25) is 4.79 Å². The maximum Gasteiger partial charge on any atom is 0.416 e. The van der Waals surface area contributed by atoms with E-state index in [4.69, 9.17) is 4.74 Å². The number of ether oxygens (including phenoxy) is 1. The molecule has 1 aromatic heterocycles. The van der Waals surface area contributed by atoms with Crippen LogP contribution < -0.4 is 10.2 Å². The zero-order valence-corrected chi connectivity index (χ0v) is 23.3. The molecule has 0 spiro atoms. The van der Waals surface area contributed by atoms with Gasteiger partial charge < -0.3 is 19.5 Å². The van der Waals surface area contributed by atoms with Crippen molar-refractivity contribution in [1.29, 1.82) is 0 Å². The normalized spacial score (nSPS) is 18.0. The molecule has 3 aromatic rings. The van der Waals surface area contributed by atoms with Crippen LogP contribution in [-0.4, -0.2) is 45.8 Å². The van der Waals surface area contributed by atoms with Crippen LogP contribution in [0.15, 0.2) is 42.7 Å². The highest BCUT2D eigenvalue weighted by atomic mass is 19.4. The van der Waals surface area contributed by atoms with Gasteiger partial charge in [-0.15, -0.1) is 10.2 Å². The van der Waals surface area contributed by atoms with E-state index in [-0.39, 0.29) is 30.6 Å². The molecular weight excluding hydrogens is 545 g/mol. The van der Waals surface area contributed by atoms with Gasteiger partial charge in [-0.2, -0.15) is 13.2 Å². The molecule has 5 rings (SSSR count). The Morgan fingerprint density at radius 2 is 1.85 bits per heavy atom. The largest absolute Gasteiger partial charge is 0.416 e. The molecule has 2 aliphatic rings. The van der Waals surface area contributed by atoms with Gasteiger partial charge in [0.25, 0.3) is 5.91 Å².